The molecule has 2 aliphatic rings. The Bertz CT molecular complexity index is 551. The van der Waals surface area contributed by atoms with E-state index in [-0.39, 0.29) is 12.1 Å². The monoisotopic (exact) mass is 351 g/mol. The molecule has 2 fully saturated rings. The van der Waals surface area contributed by atoms with Crippen molar-refractivity contribution in [3.05, 3.63) is 23.5 Å². The standard InChI is InChI=1S/C14H17F4N3OS/c15-9-11(10(16)13(18)20-12(9)17)19-7-14(1-6-23-8-14)21-2-4-22-5-3-21/h1-8H2,(H,19,20). The third-order valence-corrected chi connectivity index (χ3v) is 5.59. The van der Waals surface area contributed by atoms with E-state index in [1.165, 1.54) is 0 Å². The van der Waals surface area contributed by atoms with Crippen LogP contribution >= 0.6 is 11.8 Å². The van der Waals surface area contributed by atoms with Gasteiger partial charge in [0.15, 0.2) is 0 Å². The lowest BCUT2D eigenvalue weighted by atomic mass is 9.95. The summed E-state index contributed by atoms with van der Waals surface area (Å²) in [6.07, 6.45) is 0.837. The molecule has 1 unspecified atom stereocenters. The second-order valence-corrected chi connectivity index (χ2v) is 6.78. The Morgan fingerprint density at radius 2 is 1.78 bits per heavy atom. The van der Waals surface area contributed by atoms with Gasteiger partial charge in [0.25, 0.3) is 11.9 Å². The topological polar surface area (TPSA) is 37.4 Å². The van der Waals surface area contributed by atoms with Gasteiger partial charge in [-0.3, -0.25) is 4.90 Å². The zero-order valence-corrected chi connectivity index (χ0v) is 13.2. The first-order valence-corrected chi connectivity index (χ1v) is 8.53. The normalized spacial score (nSPS) is 25.7. The van der Waals surface area contributed by atoms with Gasteiger partial charge in [0.2, 0.25) is 11.6 Å². The molecule has 0 saturated carbocycles. The number of pyridine rings is 1. The number of halogens is 4. The van der Waals surface area contributed by atoms with E-state index in [1.807, 2.05) is 0 Å². The smallest absolute Gasteiger partial charge is 0.253 e. The first-order chi connectivity index (χ1) is 11.0. The minimum atomic E-state index is -1.65. The van der Waals surface area contributed by atoms with Crippen LogP contribution < -0.4 is 5.32 Å². The van der Waals surface area contributed by atoms with Gasteiger partial charge >= 0.3 is 0 Å². The second kappa shape index (κ2) is 6.82. The predicted octanol–water partition coefficient (Wildman–Crippen LogP) is 2.26. The number of anilines is 1. The molecule has 3 rings (SSSR count). The molecule has 0 aliphatic carbocycles. The van der Waals surface area contributed by atoms with Gasteiger partial charge in [0.05, 0.1) is 13.2 Å². The van der Waals surface area contributed by atoms with Gasteiger partial charge in [-0.1, -0.05) is 0 Å². The Labute approximate surface area is 135 Å². The van der Waals surface area contributed by atoms with Crippen molar-refractivity contribution in [2.45, 2.75) is 12.0 Å². The fourth-order valence-corrected chi connectivity index (χ4v) is 4.51. The highest BCUT2D eigenvalue weighted by Gasteiger charge is 2.41. The Kier molecular flexibility index (Phi) is 4.98. The molecular formula is C14H17F4N3OS. The number of hydrogen-bond donors (Lipinski definition) is 1. The number of aromatic nitrogens is 1. The van der Waals surface area contributed by atoms with Gasteiger partial charge in [-0.2, -0.15) is 34.3 Å². The van der Waals surface area contributed by atoms with Gasteiger partial charge in [0, 0.05) is 30.9 Å². The van der Waals surface area contributed by atoms with Crippen LogP contribution in [0.25, 0.3) is 0 Å². The van der Waals surface area contributed by atoms with E-state index in [9.17, 15) is 17.6 Å². The molecule has 1 atom stereocenters. The van der Waals surface area contributed by atoms with Crippen LogP contribution in [0.3, 0.4) is 0 Å². The van der Waals surface area contributed by atoms with E-state index in [2.05, 4.69) is 15.2 Å². The van der Waals surface area contributed by atoms with Gasteiger partial charge in [0.1, 0.15) is 5.69 Å². The molecule has 4 nitrogen and oxygen atoms in total. The molecule has 0 spiro atoms. The second-order valence-electron chi connectivity index (χ2n) is 5.68. The van der Waals surface area contributed by atoms with Crippen LogP contribution in [-0.4, -0.2) is 59.8 Å². The molecule has 23 heavy (non-hydrogen) atoms. The Balaban J connectivity index is 1.80. The molecule has 0 bridgehead atoms. The summed E-state index contributed by atoms with van der Waals surface area (Å²) < 4.78 is 59.2. The quantitative estimate of drug-likeness (QED) is 0.665. The number of ether oxygens (including phenoxy) is 1. The zero-order chi connectivity index (χ0) is 16.4. The number of nitrogens with zero attached hydrogens (tertiary/aromatic N) is 2. The molecule has 3 heterocycles. The minimum absolute atomic E-state index is 0.205. The van der Waals surface area contributed by atoms with Gasteiger partial charge in [-0.25, -0.2) is 0 Å². The molecule has 1 aromatic rings. The Morgan fingerprint density at radius 3 is 2.35 bits per heavy atom. The molecule has 128 valence electrons. The Hall–Kier alpha value is -1.06. The van der Waals surface area contributed by atoms with Crippen LogP contribution in [0.1, 0.15) is 6.42 Å². The third-order valence-electron chi connectivity index (χ3n) is 4.36. The lowest BCUT2D eigenvalue weighted by Gasteiger charge is -2.43. The Morgan fingerprint density at radius 1 is 1.13 bits per heavy atom. The molecule has 2 saturated heterocycles. The highest BCUT2D eigenvalue weighted by atomic mass is 32.2. The van der Waals surface area contributed by atoms with Crippen molar-refractivity contribution in [2.24, 2.45) is 0 Å². The summed E-state index contributed by atoms with van der Waals surface area (Å²) in [7, 11) is 0. The zero-order valence-electron chi connectivity index (χ0n) is 12.4. The van der Waals surface area contributed by atoms with Crippen LogP contribution in [0, 0.1) is 23.5 Å². The fraction of sp³-hybridized carbons (Fsp3) is 0.643. The van der Waals surface area contributed by atoms with Crippen molar-refractivity contribution in [1.29, 1.82) is 0 Å². The van der Waals surface area contributed by atoms with E-state index in [4.69, 9.17) is 4.74 Å². The van der Waals surface area contributed by atoms with E-state index in [0.717, 1.165) is 31.0 Å². The van der Waals surface area contributed by atoms with Gasteiger partial charge < -0.3 is 10.1 Å². The number of thioether (sulfide) groups is 1. The number of nitrogens with one attached hydrogen (secondary N) is 1. The minimum Gasteiger partial charge on any atom is -0.379 e. The van der Waals surface area contributed by atoms with Crippen molar-refractivity contribution >= 4 is 17.4 Å². The fourth-order valence-electron chi connectivity index (χ4n) is 3.03. The van der Waals surface area contributed by atoms with Crippen LogP contribution in [0.2, 0.25) is 0 Å². The molecule has 0 radical (unpaired) electrons. The van der Waals surface area contributed by atoms with E-state index < -0.39 is 29.2 Å². The van der Waals surface area contributed by atoms with Crippen molar-refractivity contribution < 1.29 is 22.3 Å². The first-order valence-electron chi connectivity index (χ1n) is 7.38. The lowest BCUT2D eigenvalue weighted by molar-refractivity contribution is -0.00925. The van der Waals surface area contributed by atoms with Crippen LogP contribution in [0.5, 0.6) is 0 Å². The van der Waals surface area contributed by atoms with Crippen molar-refractivity contribution in [2.75, 3.05) is 49.7 Å². The van der Waals surface area contributed by atoms with Gasteiger partial charge in [-0.15, -0.1) is 0 Å². The molecular weight excluding hydrogens is 334 g/mol. The summed E-state index contributed by atoms with van der Waals surface area (Å²) in [5.74, 6) is -4.55. The van der Waals surface area contributed by atoms with E-state index in [1.54, 1.807) is 11.8 Å². The number of rotatable bonds is 4. The number of morpholine rings is 1. The van der Waals surface area contributed by atoms with E-state index >= 15 is 0 Å². The summed E-state index contributed by atoms with van der Waals surface area (Å²) in [6, 6.07) is 0. The number of hydrogen-bond acceptors (Lipinski definition) is 5. The van der Waals surface area contributed by atoms with Gasteiger partial charge in [-0.05, 0) is 12.2 Å². The summed E-state index contributed by atoms with van der Waals surface area (Å²) in [6.45, 7) is 2.87. The molecule has 0 amide bonds. The van der Waals surface area contributed by atoms with E-state index in [0.29, 0.717) is 13.2 Å². The molecule has 1 aromatic heterocycles. The van der Waals surface area contributed by atoms with Crippen LogP contribution in [-0.2, 0) is 4.74 Å². The molecule has 1 N–H and O–H groups in total. The first kappa shape index (κ1) is 16.8. The average molecular weight is 351 g/mol. The summed E-state index contributed by atoms with van der Waals surface area (Å²) in [5, 5.41) is 2.58. The maximum absolute atomic E-state index is 13.7. The van der Waals surface area contributed by atoms with Crippen LogP contribution in [0.15, 0.2) is 0 Å². The lowest BCUT2D eigenvalue weighted by Crippen LogP contribution is -2.57. The molecule has 9 heteroatoms. The summed E-state index contributed by atoms with van der Waals surface area (Å²) >= 11 is 1.75. The summed E-state index contributed by atoms with van der Waals surface area (Å²) in [5.41, 5.74) is -1.09. The maximum atomic E-state index is 13.7. The summed E-state index contributed by atoms with van der Waals surface area (Å²) in [4.78, 5) is 4.80. The SMILES string of the molecule is Fc1nc(F)c(F)c(NCC2(N3CCOCC3)CCSC2)c1F. The average Bonchev–Trinajstić information content (AvgIpc) is 3.04. The highest BCUT2D eigenvalue weighted by Crippen LogP contribution is 2.35. The van der Waals surface area contributed by atoms with Crippen LogP contribution in [0.4, 0.5) is 23.2 Å². The van der Waals surface area contributed by atoms with Crippen molar-refractivity contribution in [1.82, 2.24) is 9.88 Å². The highest BCUT2D eigenvalue weighted by molar-refractivity contribution is 7.99. The predicted molar refractivity (Wildman–Crippen MR) is 79.6 cm³/mol. The van der Waals surface area contributed by atoms with Crippen molar-refractivity contribution in [3.63, 3.8) is 0 Å². The molecule has 2 aliphatic heterocycles. The largest absolute Gasteiger partial charge is 0.379 e. The third kappa shape index (κ3) is 3.27. The maximum Gasteiger partial charge on any atom is 0.253 e. The van der Waals surface area contributed by atoms with Crippen molar-refractivity contribution in [3.8, 4) is 0 Å². The molecule has 0 aromatic carbocycles.